The molecule has 1 heterocycles. The number of hydrogen-bond acceptors (Lipinski definition) is 3. The van der Waals surface area contributed by atoms with Crippen LogP contribution >= 0.6 is 0 Å². The van der Waals surface area contributed by atoms with Gasteiger partial charge in [0, 0.05) is 13.3 Å². The van der Waals surface area contributed by atoms with Crippen molar-refractivity contribution in [1.82, 2.24) is 4.98 Å². The molecule has 0 aliphatic heterocycles. The van der Waals surface area contributed by atoms with Crippen LogP contribution in [0.3, 0.4) is 0 Å². The van der Waals surface area contributed by atoms with E-state index in [1.807, 2.05) is 13.0 Å². The quantitative estimate of drug-likeness (QED) is 0.648. The molecule has 0 atom stereocenters. The number of ether oxygens (including phenoxy) is 1. The molecule has 3 heteroatoms. The molecule has 1 rings (SSSR count). The summed E-state index contributed by atoms with van der Waals surface area (Å²) in [6.45, 7) is 2.34. The van der Waals surface area contributed by atoms with Crippen LogP contribution in [0.1, 0.15) is 11.3 Å². The van der Waals surface area contributed by atoms with Crippen LogP contribution in [-0.4, -0.2) is 18.7 Å². The Hall–Kier alpha value is -1.53. The number of hydrogen-bond donors (Lipinski definition) is 1. The first-order chi connectivity index (χ1) is 6.24. The van der Waals surface area contributed by atoms with E-state index in [-0.39, 0.29) is 0 Å². The van der Waals surface area contributed by atoms with E-state index in [9.17, 15) is 0 Å². The number of nitrogen functional groups attached to an aromatic ring is 1. The molecule has 0 radical (unpaired) electrons. The molecule has 0 aromatic carbocycles. The zero-order valence-corrected chi connectivity index (χ0v) is 7.79. The van der Waals surface area contributed by atoms with E-state index < -0.39 is 0 Å². The minimum atomic E-state index is 0.398. The van der Waals surface area contributed by atoms with Crippen molar-refractivity contribution in [2.75, 3.05) is 19.5 Å². The van der Waals surface area contributed by atoms with E-state index >= 15 is 0 Å². The molecule has 0 saturated heterocycles. The molecule has 68 valence electrons. The van der Waals surface area contributed by atoms with Gasteiger partial charge < -0.3 is 10.5 Å². The average molecular weight is 176 g/mol. The first-order valence-electron chi connectivity index (χ1n) is 3.94. The van der Waals surface area contributed by atoms with Gasteiger partial charge in [0.15, 0.2) is 0 Å². The fraction of sp³-hybridized carbons (Fsp3) is 0.300. The van der Waals surface area contributed by atoms with Gasteiger partial charge in [0.1, 0.15) is 12.3 Å². The monoisotopic (exact) mass is 176 g/mol. The van der Waals surface area contributed by atoms with Crippen molar-refractivity contribution in [3.05, 3.63) is 23.5 Å². The van der Waals surface area contributed by atoms with Gasteiger partial charge >= 0.3 is 0 Å². The van der Waals surface area contributed by atoms with E-state index in [1.54, 1.807) is 13.3 Å². The lowest BCUT2D eigenvalue weighted by Crippen LogP contribution is -1.94. The second-order valence-corrected chi connectivity index (χ2v) is 2.69. The molecule has 13 heavy (non-hydrogen) atoms. The molecule has 2 N–H and O–H groups in total. The Balaban J connectivity index is 2.85. The fourth-order valence-electron chi connectivity index (χ4n) is 0.888. The maximum absolute atomic E-state index is 5.70. The van der Waals surface area contributed by atoms with Crippen molar-refractivity contribution >= 4 is 5.69 Å². The summed E-state index contributed by atoms with van der Waals surface area (Å²) in [5.41, 5.74) is 7.96. The summed E-state index contributed by atoms with van der Waals surface area (Å²) in [4.78, 5) is 4.10. The number of aromatic nitrogens is 1. The van der Waals surface area contributed by atoms with Crippen molar-refractivity contribution in [2.24, 2.45) is 0 Å². The summed E-state index contributed by atoms with van der Waals surface area (Å²) in [5.74, 6) is 5.63. The Bertz CT molecular complexity index is 350. The maximum Gasteiger partial charge on any atom is 0.136 e. The number of nitrogens with two attached hydrogens (primary N) is 1. The summed E-state index contributed by atoms with van der Waals surface area (Å²) in [5, 5.41) is 0. The van der Waals surface area contributed by atoms with Gasteiger partial charge in [-0.3, -0.25) is 0 Å². The van der Waals surface area contributed by atoms with Gasteiger partial charge in [-0.05, 0) is 24.5 Å². The van der Waals surface area contributed by atoms with Crippen LogP contribution in [0.25, 0.3) is 0 Å². The standard InChI is InChI=1S/C10H12N2O/c1-8-6-9(11)10(12-7-8)4-3-5-13-2/h6-7H,5,11H2,1-2H3. The van der Waals surface area contributed by atoms with Crippen LogP contribution in [-0.2, 0) is 4.74 Å². The Labute approximate surface area is 77.9 Å². The Kier molecular flexibility index (Phi) is 3.30. The highest BCUT2D eigenvalue weighted by Crippen LogP contribution is 2.08. The molecule has 0 fully saturated rings. The third-order valence-electron chi connectivity index (χ3n) is 1.48. The first kappa shape index (κ1) is 9.56. The van der Waals surface area contributed by atoms with E-state index in [4.69, 9.17) is 10.5 Å². The van der Waals surface area contributed by atoms with Crippen molar-refractivity contribution in [2.45, 2.75) is 6.92 Å². The molecule has 3 nitrogen and oxygen atoms in total. The number of nitrogens with zero attached hydrogens (tertiary/aromatic N) is 1. The third kappa shape index (κ3) is 2.77. The zero-order valence-electron chi connectivity index (χ0n) is 7.79. The lowest BCUT2D eigenvalue weighted by Gasteiger charge is -1.97. The maximum atomic E-state index is 5.70. The predicted molar refractivity (Wildman–Crippen MR) is 52.1 cm³/mol. The van der Waals surface area contributed by atoms with Gasteiger partial charge in [-0.2, -0.15) is 0 Å². The second kappa shape index (κ2) is 4.48. The Morgan fingerprint density at radius 3 is 3.00 bits per heavy atom. The SMILES string of the molecule is COCC#Cc1ncc(C)cc1N. The molecular weight excluding hydrogens is 164 g/mol. The molecule has 0 unspecified atom stereocenters. The lowest BCUT2D eigenvalue weighted by atomic mass is 10.2. The van der Waals surface area contributed by atoms with Crippen LogP contribution in [0.15, 0.2) is 12.3 Å². The molecule has 0 saturated carbocycles. The summed E-state index contributed by atoms with van der Waals surface area (Å²) < 4.78 is 4.78. The summed E-state index contributed by atoms with van der Waals surface area (Å²) in [6.07, 6.45) is 1.74. The molecule has 0 aliphatic rings. The summed E-state index contributed by atoms with van der Waals surface area (Å²) >= 11 is 0. The molecule has 0 amide bonds. The molecule has 0 bridgehead atoms. The number of anilines is 1. The Morgan fingerprint density at radius 1 is 1.62 bits per heavy atom. The van der Waals surface area contributed by atoms with Gasteiger partial charge in [-0.15, -0.1) is 0 Å². The highest BCUT2D eigenvalue weighted by molar-refractivity contribution is 5.52. The van der Waals surface area contributed by atoms with Crippen LogP contribution in [0.5, 0.6) is 0 Å². The lowest BCUT2D eigenvalue weighted by molar-refractivity contribution is 0.240. The van der Waals surface area contributed by atoms with Crippen molar-refractivity contribution < 1.29 is 4.74 Å². The predicted octanol–water partition coefficient (Wildman–Crippen LogP) is 0.970. The van der Waals surface area contributed by atoms with Crippen LogP contribution in [0.4, 0.5) is 5.69 Å². The van der Waals surface area contributed by atoms with E-state index in [0.29, 0.717) is 18.0 Å². The van der Waals surface area contributed by atoms with E-state index in [2.05, 4.69) is 16.8 Å². The average Bonchev–Trinajstić information content (AvgIpc) is 2.09. The van der Waals surface area contributed by atoms with Crippen molar-refractivity contribution in [3.63, 3.8) is 0 Å². The fourth-order valence-corrected chi connectivity index (χ4v) is 0.888. The largest absolute Gasteiger partial charge is 0.396 e. The van der Waals surface area contributed by atoms with Gasteiger partial charge in [0.2, 0.25) is 0 Å². The normalized spacial score (nSPS) is 9.08. The van der Waals surface area contributed by atoms with Crippen LogP contribution < -0.4 is 5.73 Å². The molecule has 0 aliphatic carbocycles. The Morgan fingerprint density at radius 2 is 2.38 bits per heavy atom. The first-order valence-corrected chi connectivity index (χ1v) is 3.94. The van der Waals surface area contributed by atoms with Gasteiger partial charge in [0.05, 0.1) is 5.69 Å². The third-order valence-corrected chi connectivity index (χ3v) is 1.48. The molecule has 1 aromatic rings. The van der Waals surface area contributed by atoms with Crippen LogP contribution in [0, 0.1) is 18.8 Å². The molecule has 0 spiro atoms. The zero-order chi connectivity index (χ0) is 9.68. The topological polar surface area (TPSA) is 48.1 Å². The summed E-state index contributed by atoms with van der Waals surface area (Å²) in [6, 6.07) is 1.85. The minimum absolute atomic E-state index is 0.398. The number of methoxy groups -OCH3 is 1. The van der Waals surface area contributed by atoms with Gasteiger partial charge in [-0.25, -0.2) is 4.98 Å². The number of pyridine rings is 1. The van der Waals surface area contributed by atoms with E-state index in [1.165, 1.54) is 0 Å². The van der Waals surface area contributed by atoms with Crippen molar-refractivity contribution in [3.8, 4) is 11.8 Å². The minimum Gasteiger partial charge on any atom is -0.396 e. The van der Waals surface area contributed by atoms with Gasteiger partial charge in [-0.1, -0.05) is 5.92 Å². The van der Waals surface area contributed by atoms with E-state index in [0.717, 1.165) is 5.56 Å². The molecule has 1 aromatic heterocycles. The number of aryl methyl sites for hydroxylation is 1. The van der Waals surface area contributed by atoms with Crippen molar-refractivity contribution in [1.29, 1.82) is 0 Å². The smallest absolute Gasteiger partial charge is 0.136 e. The second-order valence-electron chi connectivity index (χ2n) is 2.69. The summed E-state index contributed by atoms with van der Waals surface area (Å²) in [7, 11) is 1.60. The number of rotatable bonds is 1. The molecular formula is C10H12N2O. The van der Waals surface area contributed by atoms with Gasteiger partial charge in [0.25, 0.3) is 0 Å². The van der Waals surface area contributed by atoms with Crippen LogP contribution in [0.2, 0.25) is 0 Å². The highest BCUT2D eigenvalue weighted by Gasteiger charge is 1.95. The highest BCUT2D eigenvalue weighted by atomic mass is 16.5.